The molecule has 1 amide bonds. The molecule has 0 aromatic carbocycles. The molecule has 2 unspecified atom stereocenters. The molecule has 9 heteroatoms. The summed E-state index contributed by atoms with van der Waals surface area (Å²) in [5, 5.41) is 3.09. The molecule has 3 rings (SSSR count). The van der Waals surface area contributed by atoms with Crippen LogP contribution in [0.1, 0.15) is 13.8 Å². The van der Waals surface area contributed by atoms with Gasteiger partial charge in [0.05, 0.1) is 18.1 Å². The fraction of sp³-hybridized carbons (Fsp3) is 0.929. The molecule has 3 saturated heterocycles. The summed E-state index contributed by atoms with van der Waals surface area (Å²) >= 11 is 0. The van der Waals surface area contributed by atoms with Gasteiger partial charge >= 0.3 is 0 Å². The van der Waals surface area contributed by atoms with Gasteiger partial charge < -0.3 is 15.0 Å². The summed E-state index contributed by atoms with van der Waals surface area (Å²) < 4.78 is 34.2. The summed E-state index contributed by atoms with van der Waals surface area (Å²) in [5.41, 5.74) is 0. The molecule has 0 aromatic heterocycles. The van der Waals surface area contributed by atoms with Gasteiger partial charge in [-0.15, -0.1) is 0 Å². The van der Waals surface area contributed by atoms with E-state index in [1.807, 2.05) is 13.8 Å². The first-order valence-electron chi connectivity index (χ1n) is 8.28. The topological polar surface area (TPSA) is 82.2 Å². The van der Waals surface area contributed by atoms with Crippen molar-refractivity contribution in [1.29, 1.82) is 0 Å². The van der Waals surface area contributed by atoms with E-state index in [0.717, 1.165) is 13.1 Å². The number of hydrogen-bond donors (Lipinski definition) is 1. The van der Waals surface area contributed by atoms with Crippen LogP contribution in [0, 0.1) is 5.92 Å². The second kappa shape index (κ2) is 6.64. The van der Waals surface area contributed by atoms with E-state index in [1.54, 1.807) is 4.90 Å². The van der Waals surface area contributed by atoms with Crippen LogP contribution >= 0.6 is 0 Å². The van der Waals surface area contributed by atoms with Crippen molar-refractivity contribution < 1.29 is 17.9 Å². The molecule has 8 nitrogen and oxygen atoms in total. The van der Waals surface area contributed by atoms with Crippen LogP contribution in [0.5, 0.6) is 0 Å². The lowest BCUT2D eigenvalue weighted by atomic mass is 10.0. The van der Waals surface area contributed by atoms with Gasteiger partial charge in [0.2, 0.25) is 5.91 Å². The highest BCUT2D eigenvalue weighted by atomic mass is 32.2. The molecule has 3 aliphatic rings. The third-order valence-electron chi connectivity index (χ3n) is 4.72. The minimum atomic E-state index is -3.48. The van der Waals surface area contributed by atoms with Crippen LogP contribution in [0.15, 0.2) is 0 Å². The Morgan fingerprint density at radius 1 is 1.00 bits per heavy atom. The zero-order chi connectivity index (χ0) is 16.6. The second-order valence-electron chi connectivity index (χ2n) is 6.66. The van der Waals surface area contributed by atoms with Crippen molar-refractivity contribution in [1.82, 2.24) is 18.8 Å². The van der Waals surface area contributed by atoms with Crippen LogP contribution in [0.4, 0.5) is 0 Å². The summed E-state index contributed by atoms with van der Waals surface area (Å²) in [6.45, 7) is 7.72. The summed E-state index contributed by atoms with van der Waals surface area (Å²) in [4.78, 5) is 14.0. The Labute approximate surface area is 137 Å². The quantitative estimate of drug-likeness (QED) is 0.687. The third kappa shape index (κ3) is 3.53. The van der Waals surface area contributed by atoms with Crippen molar-refractivity contribution in [2.24, 2.45) is 5.92 Å². The molecule has 132 valence electrons. The molecular formula is C14H26N4O4S. The van der Waals surface area contributed by atoms with E-state index in [2.05, 4.69) is 5.32 Å². The molecule has 0 radical (unpaired) electrons. The highest BCUT2D eigenvalue weighted by Gasteiger charge is 2.38. The molecule has 0 aromatic rings. The van der Waals surface area contributed by atoms with E-state index in [0.29, 0.717) is 39.3 Å². The summed E-state index contributed by atoms with van der Waals surface area (Å²) in [6, 6.07) is 0. The van der Waals surface area contributed by atoms with Crippen LogP contribution in [0.25, 0.3) is 0 Å². The molecule has 0 saturated carbocycles. The molecule has 23 heavy (non-hydrogen) atoms. The lowest BCUT2D eigenvalue weighted by molar-refractivity contribution is -0.138. The highest BCUT2D eigenvalue weighted by molar-refractivity contribution is 7.86. The first kappa shape index (κ1) is 17.1. The summed E-state index contributed by atoms with van der Waals surface area (Å²) in [7, 11) is -3.48. The number of nitrogens with zero attached hydrogens (tertiary/aromatic N) is 3. The molecular weight excluding hydrogens is 320 g/mol. The number of nitrogens with one attached hydrogen (secondary N) is 1. The average Bonchev–Trinajstić information content (AvgIpc) is 2.44. The first-order valence-corrected chi connectivity index (χ1v) is 9.68. The standard InChI is InChI=1S/C14H26N4O4S/c1-11-9-18(10-12(2)22-11)23(20,21)17-5-3-16(4-6-17)14(19)13-7-15-8-13/h11-13,15H,3-10H2,1-2H3. The van der Waals surface area contributed by atoms with Crippen molar-refractivity contribution >= 4 is 16.1 Å². The van der Waals surface area contributed by atoms with E-state index in [9.17, 15) is 13.2 Å². The highest BCUT2D eigenvalue weighted by Crippen LogP contribution is 2.19. The zero-order valence-electron chi connectivity index (χ0n) is 13.8. The Hall–Kier alpha value is -0.740. The van der Waals surface area contributed by atoms with Gasteiger partial charge in [0.25, 0.3) is 10.2 Å². The Morgan fingerprint density at radius 3 is 2.04 bits per heavy atom. The van der Waals surface area contributed by atoms with Crippen LogP contribution in [0.2, 0.25) is 0 Å². The smallest absolute Gasteiger partial charge is 0.282 e. The van der Waals surface area contributed by atoms with Crippen molar-refractivity contribution in [3.63, 3.8) is 0 Å². The number of amides is 1. The summed E-state index contributed by atoms with van der Waals surface area (Å²) in [5.74, 6) is 0.216. The monoisotopic (exact) mass is 346 g/mol. The van der Waals surface area contributed by atoms with E-state index in [-0.39, 0.29) is 24.0 Å². The number of carbonyl (C=O) groups excluding carboxylic acids is 1. The van der Waals surface area contributed by atoms with Crippen molar-refractivity contribution in [3.8, 4) is 0 Å². The Morgan fingerprint density at radius 2 is 1.57 bits per heavy atom. The minimum Gasteiger partial charge on any atom is -0.373 e. The second-order valence-corrected chi connectivity index (χ2v) is 8.59. The number of rotatable bonds is 3. The maximum Gasteiger partial charge on any atom is 0.282 e. The molecule has 1 N–H and O–H groups in total. The molecule has 2 atom stereocenters. The molecule has 3 heterocycles. The van der Waals surface area contributed by atoms with Gasteiger partial charge in [-0.3, -0.25) is 4.79 Å². The normalized spacial score (nSPS) is 31.8. The van der Waals surface area contributed by atoms with Crippen molar-refractivity contribution in [2.75, 3.05) is 52.4 Å². The number of carbonyl (C=O) groups is 1. The van der Waals surface area contributed by atoms with Gasteiger partial charge in [-0.05, 0) is 13.8 Å². The fourth-order valence-electron chi connectivity index (χ4n) is 3.34. The van der Waals surface area contributed by atoms with Gasteiger partial charge in [0.1, 0.15) is 0 Å². The number of ether oxygens (including phenoxy) is 1. The van der Waals surface area contributed by atoms with Gasteiger partial charge in [-0.2, -0.15) is 17.0 Å². The molecule has 0 aliphatic carbocycles. The minimum absolute atomic E-state index is 0.0686. The van der Waals surface area contributed by atoms with Crippen molar-refractivity contribution in [2.45, 2.75) is 26.1 Å². The molecule has 0 bridgehead atoms. The molecule has 0 spiro atoms. The van der Waals surface area contributed by atoms with Gasteiger partial charge in [-0.25, -0.2) is 0 Å². The Balaban J connectivity index is 1.58. The Kier molecular flexibility index (Phi) is 4.93. The average molecular weight is 346 g/mol. The molecule has 3 fully saturated rings. The number of hydrogen-bond acceptors (Lipinski definition) is 5. The first-order chi connectivity index (χ1) is 10.9. The maximum atomic E-state index is 12.8. The van der Waals surface area contributed by atoms with Crippen LogP contribution in [0.3, 0.4) is 0 Å². The van der Waals surface area contributed by atoms with Crippen LogP contribution in [-0.2, 0) is 19.7 Å². The van der Waals surface area contributed by atoms with Gasteiger partial charge in [-0.1, -0.05) is 0 Å². The van der Waals surface area contributed by atoms with Gasteiger partial charge in [0, 0.05) is 52.4 Å². The van der Waals surface area contributed by atoms with E-state index < -0.39 is 10.2 Å². The lowest BCUT2D eigenvalue weighted by Crippen LogP contribution is -2.60. The largest absolute Gasteiger partial charge is 0.373 e. The van der Waals surface area contributed by atoms with Crippen molar-refractivity contribution in [3.05, 3.63) is 0 Å². The lowest BCUT2D eigenvalue weighted by Gasteiger charge is -2.41. The fourth-order valence-corrected chi connectivity index (χ4v) is 5.09. The zero-order valence-corrected chi connectivity index (χ0v) is 14.6. The number of morpholine rings is 1. The predicted octanol–water partition coefficient (Wildman–Crippen LogP) is -1.30. The van der Waals surface area contributed by atoms with E-state index >= 15 is 0 Å². The van der Waals surface area contributed by atoms with Crippen LogP contribution < -0.4 is 5.32 Å². The summed E-state index contributed by atoms with van der Waals surface area (Å²) in [6.07, 6.45) is -0.190. The maximum absolute atomic E-state index is 12.8. The van der Waals surface area contributed by atoms with E-state index in [1.165, 1.54) is 8.61 Å². The molecule has 3 aliphatic heterocycles. The van der Waals surface area contributed by atoms with E-state index in [4.69, 9.17) is 4.74 Å². The predicted molar refractivity (Wildman–Crippen MR) is 85.0 cm³/mol. The third-order valence-corrected chi connectivity index (χ3v) is 6.69. The Bertz CT molecular complexity index is 533. The van der Waals surface area contributed by atoms with Crippen LogP contribution in [-0.4, -0.2) is 92.4 Å². The number of piperazine rings is 1. The SMILES string of the molecule is CC1CN(S(=O)(=O)N2CCN(C(=O)C3CNC3)CC2)CC(C)O1. The van der Waals surface area contributed by atoms with Gasteiger partial charge in [0.15, 0.2) is 0 Å².